The van der Waals surface area contributed by atoms with E-state index in [0.29, 0.717) is 11.6 Å². The van der Waals surface area contributed by atoms with Crippen molar-refractivity contribution in [3.8, 4) is 0 Å². The number of carbonyl (C=O) groups is 1. The van der Waals surface area contributed by atoms with E-state index in [1.165, 1.54) is 18.4 Å². The van der Waals surface area contributed by atoms with Gasteiger partial charge in [0.2, 0.25) is 5.91 Å². The van der Waals surface area contributed by atoms with Gasteiger partial charge in [0.15, 0.2) is 0 Å². The molecule has 6 heteroatoms. The molecule has 0 unspecified atom stereocenters. The molecule has 1 aromatic heterocycles. The third-order valence-corrected chi connectivity index (χ3v) is 4.47. The maximum Gasteiger partial charge on any atom is 0.248 e. The van der Waals surface area contributed by atoms with Crippen molar-refractivity contribution in [3.05, 3.63) is 47.0 Å². The molecule has 0 radical (unpaired) electrons. The highest BCUT2D eigenvalue weighted by Gasteiger charge is 2.25. The minimum atomic E-state index is -0.382. The van der Waals surface area contributed by atoms with E-state index in [4.69, 9.17) is 5.73 Å². The summed E-state index contributed by atoms with van der Waals surface area (Å²) in [6.45, 7) is 6.79. The van der Waals surface area contributed by atoms with Gasteiger partial charge < -0.3 is 5.73 Å². The summed E-state index contributed by atoms with van der Waals surface area (Å²) in [4.78, 5) is 18.0. The number of hydrogen-bond acceptors (Lipinski definition) is 4. The van der Waals surface area contributed by atoms with Gasteiger partial charge >= 0.3 is 0 Å². The highest BCUT2D eigenvalue weighted by molar-refractivity contribution is 5.92. The van der Waals surface area contributed by atoms with Crippen LogP contribution < -0.4 is 5.73 Å². The lowest BCUT2D eigenvalue weighted by Crippen LogP contribution is -2.33. The number of amides is 1. The molecule has 1 aromatic carbocycles. The van der Waals surface area contributed by atoms with E-state index in [1.54, 1.807) is 12.1 Å². The zero-order chi connectivity index (χ0) is 16.4. The Morgan fingerprint density at radius 3 is 2.65 bits per heavy atom. The van der Waals surface area contributed by atoms with E-state index in [9.17, 15) is 4.79 Å². The van der Waals surface area contributed by atoms with Gasteiger partial charge in [-0.05, 0) is 50.9 Å². The van der Waals surface area contributed by atoms with E-state index in [-0.39, 0.29) is 5.91 Å². The van der Waals surface area contributed by atoms with Gasteiger partial charge in [0.1, 0.15) is 11.6 Å². The van der Waals surface area contributed by atoms with Crippen molar-refractivity contribution in [3.63, 3.8) is 0 Å². The number of nitrogens with two attached hydrogens (primary N) is 1. The van der Waals surface area contributed by atoms with Crippen molar-refractivity contribution in [1.29, 1.82) is 0 Å². The van der Waals surface area contributed by atoms with Crippen molar-refractivity contribution in [2.45, 2.75) is 45.8 Å². The SMILES string of the molecule is Cc1nc(C)n(C[C@H]2CCCN2Cc2ccc(C(N)=O)cc2)n1. The maximum atomic E-state index is 11.1. The Balaban J connectivity index is 1.67. The van der Waals surface area contributed by atoms with Gasteiger partial charge in [-0.3, -0.25) is 9.69 Å². The Kier molecular flexibility index (Phi) is 4.43. The van der Waals surface area contributed by atoms with Crippen LogP contribution in [0.3, 0.4) is 0 Å². The van der Waals surface area contributed by atoms with Gasteiger partial charge in [-0.15, -0.1) is 0 Å². The molecule has 1 aliphatic rings. The lowest BCUT2D eigenvalue weighted by Gasteiger charge is -2.24. The quantitative estimate of drug-likeness (QED) is 0.910. The second-order valence-electron chi connectivity index (χ2n) is 6.22. The summed E-state index contributed by atoms with van der Waals surface area (Å²) in [5.41, 5.74) is 7.04. The molecule has 0 aliphatic carbocycles. The summed E-state index contributed by atoms with van der Waals surface area (Å²) in [7, 11) is 0. The van der Waals surface area contributed by atoms with Crippen molar-refractivity contribution < 1.29 is 4.79 Å². The van der Waals surface area contributed by atoms with Gasteiger partial charge in [-0.25, -0.2) is 9.67 Å². The Morgan fingerprint density at radius 2 is 2.04 bits per heavy atom. The minimum absolute atomic E-state index is 0.382. The van der Waals surface area contributed by atoms with Crippen LogP contribution in [0.15, 0.2) is 24.3 Å². The molecule has 1 aliphatic heterocycles. The summed E-state index contributed by atoms with van der Waals surface area (Å²) >= 11 is 0. The molecule has 2 aromatic rings. The van der Waals surface area contributed by atoms with Crippen LogP contribution in [0.2, 0.25) is 0 Å². The van der Waals surface area contributed by atoms with Crippen molar-refractivity contribution in [1.82, 2.24) is 19.7 Å². The van der Waals surface area contributed by atoms with Crippen LogP contribution in [-0.2, 0) is 13.1 Å². The van der Waals surface area contributed by atoms with Crippen LogP contribution in [0.4, 0.5) is 0 Å². The number of carbonyl (C=O) groups excluding carboxylic acids is 1. The standard InChI is InChI=1S/C17H23N5O/c1-12-19-13(2)22(20-12)11-16-4-3-9-21(16)10-14-5-7-15(8-6-14)17(18)23/h5-8,16H,3-4,9-11H2,1-2H3,(H2,18,23)/t16-/m1/s1. The van der Waals surface area contributed by atoms with Gasteiger partial charge in [0.25, 0.3) is 0 Å². The highest BCUT2D eigenvalue weighted by Crippen LogP contribution is 2.22. The third-order valence-electron chi connectivity index (χ3n) is 4.47. The molecular weight excluding hydrogens is 290 g/mol. The fourth-order valence-electron chi connectivity index (χ4n) is 3.25. The summed E-state index contributed by atoms with van der Waals surface area (Å²) in [5.74, 6) is 1.42. The average Bonchev–Trinajstić information content (AvgIpc) is 3.07. The molecule has 122 valence electrons. The number of benzene rings is 1. The molecule has 1 saturated heterocycles. The number of rotatable bonds is 5. The van der Waals surface area contributed by atoms with Gasteiger partial charge in [-0.1, -0.05) is 12.1 Å². The van der Waals surface area contributed by atoms with E-state index in [1.807, 2.05) is 30.7 Å². The predicted molar refractivity (Wildman–Crippen MR) is 87.9 cm³/mol. The van der Waals surface area contributed by atoms with E-state index in [0.717, 1.165) is 31.3 Å². The molecule has 1 amide bonds. The lowest BCUT2D eigenvalue weighted by molar-refractivity contribution is 0.1000. The van der Waals surface area contributed by atoms with E-state index >= 15 is 0 Å². The van der Waals surface area contributed by atoms with Crippen molar-refractivity contribution in [2.75, 3.05) is 6.54 Å². The number of primary amides is 1. The van der Waals surface area contributed by atoms with Crippen LogP contribution in [0.25, 0.3) is 0 Å². The van der Waals surface area contributed by atoms with Crippen LogP contribution in [0.5, 0.6) is 0 Å². The number of likely N-dealkylation sites (tertiary alicyclic amines) is 1. The molecular formula is C17H23N5O. The Morgan fingerprint density at radius 1 is 1.30 bits per heavy atom. The highest BCUT2D eigenvalue weighted by atomic mass is 16.1. The first-order chi connectivity index (χ1) is 11.0. The zero-order valence-corrected chi connectivity index (χ0v) is 13.7. The summed E-state index contributed by atoms with van der Waals surface area (Å²) in [6, 6.07) is 8.05. The third kappa shape index (κ3) is 3.59. The normalized spacial score (nSPS) is 18.4. The molecule has 0 spiro atoms. The molecule has 1 fully saturated rings. The van der Waals surface area contributed by atoms with E-state index < -0.39 is 0 Å². The molecule has 3 rings (SSSR count). The van der Waals surface area contributed by atoms with Crippen molar-refractivity contribution in [2.24, 2.45) is 5.73 Å². The Bertz CT molecular complexity index is 692. The summed E-state index contributed by atoms with van der Waals surface area (Å²) < 4.78 is 2.01. The number of aromatic nitrogens is 3. The number of nitrogens with zero attached hydrogens (tertiary/aromatic N) is 4. The average molecular weight is 313 g/mol. The van der Waals surface area contributed by atoms with Crippen LogP contribution in [0, 0.1) is 13.8 Å². The summed E-state index contributed by atoms with van der Waals surface area (Å²) in [5, 5.41) is 4.47. The second kappa shape index (κ2) is 6.50. The fraction of sp³-hybridized carbons (Fsp3) is 0.471. The Labute approximate surface area is 136 Å². The van der Waals surface area contributed by atoms with Gasteiger partial charge in [-0.2, -0.15) is 5.10 Å². The van der Waals surface area contributed by atoms with Crippen LogP contribution in [0.1, 0.15) is 40.4 Å². The number of aryl methyl sites for hydroxylation is 2. The molecule has 1 atom stereocenters. The molecule has 6 nitrogen and oxygen atoms in total. The predicted octanol–water partition coefficient (Wildman–Crippen LogP) is 1.66. The van der Waals surface area contributed by atoms with Gasteiger partial charge in [0, 0.05) is 18.2 Å². The monoisotopic (exact) mass is 313 g/mol. The topological polar surface area (TPSA) is 77.0 Å². The molecule has 0 saturated carbocycles. The molecule has 23 heavy (non-hydrogen) atoms. The molecule has 2 N–H and O–H groups in total. The Hall–Kier alpha value is -2.21. The first kappa shape index (κ1) is 15.7. The largest absolute Gasteiger partial charge is 0.366 e. The van der Waals surface area contributed by atoms with Crippen LogP contribution in [-0.4, -0.2) is 38.2 Å². The minimum Gasteiger partial charge on any atom is -0.366 e. The summed E-state index contributed by atoms with van der Waals surface area (Å²) in [6.07, 6.45) is 2.38. The first-order valence-corrected chi connectivity index (χ1v) is 8.04. The van der Waals surface area contributed by atoms with E-state index in [2.05, 4.69) is 15.0 Å². The van der Waals surface area contributed by atoms with Crippen molar-refractivity contribution >= 4 is 5.91 Å². The number of hydrogen-bond donors (Lipinski definition) is 1. The first-order valence-electron chi connectivity index (χ1n) is 8.04. The molecule has 2 heterocycles. The fourth-order valence-corrected chi connectivity index (χ4v) is 3.25. The maximum absolute atomic E-state index is 11.1. The zero-order valence-electron chi connectivity index (χ0n) is 13.7. The smallest absolute Gasteiger partial charge is 0.248 e. The second-order valence-corrected chi connectivity index (χ2v) is 6.22. The van der Waals surface area contributed by atoms with Crippen LogP contribution >= 0.6 is 0 Å². The van der Waals surface area contributed by atoms with Gasteiger partial charge in [0.05, 0.1) is 6.54 Å². The molecule has 0 bridgehead atoms. The lowest BCUT2D eigenvalue weighted by atomic mass is 10.1.